The zero-order chi connectivity index (χ0) is 23.0. The number of rotatable bonds is 2. The van der Waals surface area contributed by atoms with Crippen molar-refractivity contribution in [3.8, 4) is 11.8 Å². The first-order valence-electron chi connectivity index (χ1n) is 9.79. The maximum Gasteiger partial charge on any atom is 0.416 e. The molecule has 0 N–H and O–H groups in total. The number of halogens is 4. The smallest absolute Gasteiger partial charge is 0.305 e. The van der Waals surface area contributed by atoms with E-state index in [-0.39, 0.29) is 11.9 Å². The normalized spacial score (nSPS) is 15.9. The quantitative estimate of drug-likeness (QED) is 0.361. The lowest BCUT2D eigenvalue weighted by Gasteiger charge is -2.32. The fraction of sp³-hybridized carbons (Fsp3) is 0.261. The van der Waals surface area contributed by atoms with Crippen LogP contribution in [0.4, 0.5) is 18.9 Å². The molecule has 164 valence electrons. The van der Waals surface area contributed by atoms with Crippen LogP contribution in [0.15, 0.2) is 42.7 Å². The van der Waals surface area contributed by atoms with E-state index < -0.39 is 11.7 Å². The van der Waals surface area contributed by atoms with Crippen molar-refractivity contribution in [3.63, 3.8) is 0 Å². The Kier molecular flexibility index (Phi) is 5.82. The van der Waals surface area contributed by atoms with Crippen LogP contribution in [0, 0.1) is 18.8 Å². The highest BCUT2D eigenvalue weighted by atomic mass is 79.9. The van der Waals surface area contributed by atoms with E-state index >= 15 is 0 Å². The van der Waals surface area contributed by atoms with E-state index in [9.17, 15) is 18.0 Å². The largest absolute Gasteiger partial charge is 0.416 e. The van der Waals surface area contributed by atoms with Gasteiger partial charge in [-0.05, 0) is 49.7 Å². The van der Waals surface area contributed by atoms with Gasteiger partial charge in [-0.15, -0.1) is 0 Å². The lowest BCUT2D eigenvalue weighted by molar-refractivity contribution is -0.137. The third kappa shape index (κ3) is 4.15. The Labute approximate surface area is 191 Å². The average Bonchev–Trinajstić information content (AvgIpc) is 3.20. The fourth-order valence-electron chi connectivity index (χ4n) is 3.58. The second kappa shape index (κ2) is 8.43. The van der Waals surface area contributed by atoms with E-state index in [0.717, 1.165) is 29.0 Å². The Morgan fingerprint density at radius 3 is 2.50 bits per heavy atom. The van der Waals surface area contributed by atoms with Gasteiger partial charge in [-0.3, -0.25) is 14.5 Å². The summed E-state index contributed by atoms with van der Waals surface area (Å²) in [5.41, 5.74) is 3.01. The SMILES string of the molecule is Cc1cc(CBr)c(C#Cc2cnn3c2C(=O)N(c2ccc(C(F)(F)F)cc2)C[C@@H]3C)cn1. The van der Waals surface area contributed by atoms with E-state index in [1.54, 1.807) is 17.1 Å². The van der Waals surface area contributed by atoms with Gasteiger partial charge in [-0.2, -0.15) is 18.3 Å². The molecule has 5 nitrogen and oxygen atoms in total. The predicted octanol–water partition coefficient (Wildman–Crippen LogP) is 5.12. The molecule has 4 rings (SSSR count). The van der Waals surface area contributed by atoms with Crippen LogP contribution in [0.3, 0.4) is 0 Å². The summed E-state index contributed by atoms with van der Waals surface area (Å²) in [6, 6.07) is 6.35. The van der Waals surface area contributed by atoms with Crippen molar-refractivity contribution < 1.29 is 18.0 Å². The molecule has 0 aliphatic carbocycles. The van der Waals surface area contributed by atoms with Crippen molar-refractivity contribution in [2.45, 2.75) is 31.4 Å². The van der Waals surface area contributed by atoms with Gasteiger partial charge in [0.1, 0.15) is 5.69 Å². The van der Waals surface area contributed by atoms with Crippen molar-refractivity contribution in [3.05, 3.63) is 76.4 Å². The molecule has 1 atom stereocenters. The van der Waals surface area contributed by atoms with Crippen molar-refractivity contribution in [1.29, 1.82) is 0 Å². The lowest BCUT2D eigenvalue weighted by Crippen LogP contribution is -2.43. The van der Waals surface area contributed by atoms with E-state index in [1.165, 1.54) is 17.0 Å². The van der Waals surface area contributed by atoms with E-state index in [1.807, 2.05) is 19.9 Å². The van der Waals surface area contributed by atoms with Crippen LogP contribution < -0.4 is 4.90 Å². The summed E-state index contributed by atoms with van der Waals surface area (Å²) in [5, 5.41) is 4.94. The maximum atomic E-state index is 13.3. The molecule has 0 saturated carbocycles. The van der Waals surface area contributed by atoms with Crippen LogP contribution in [0.5, 0.6) is 0 Å². The summed E-state index contributed by atoms with van der Waals surface area (Å²) in [6.45, 7) is 4.08. The van der Waals surface area contributed by atoms with Crippen LogP contribution in [0.1, 0.15) is 51.4 Å². The first kappa shape index (κ1) is 22.1. The van der Waals surface area contributed by atoms with Gasteiger partial charge in [0, 0.05) is 35.0 Å². The van der Waals surface area contributed by atoms with E-state index in [0.29, 0.717) is 28.8 Å². The molecule has 0 unspecified atom stereocenters. The molecule has 1 amide bonds. The molecule has 0 radical (unpaired) electrons. The maximum absolute atomic E-state index is 13.3. The first-order valence-corrected chi connectivity index (χ1v) is 10.9. The van der Waals surface area contributed by atoms with Crippen LogP contribution in [-0.4, -0.2) is 27.2 Å². The van der Waals surface area contributed by atoms with Crippen molar-refractivity contribution in [1.82, 2.24) is 14.8 Å². The van der Waals surface area contributed by atoms with Gasteiger partial charge in [0.15, 0.2) is 0 Å². The Hall–Kier alpha value is -3.12. The van der Waals surface area contributed by atoms with Gasteiger partial charge in [-0.1, -0.05) is 27.8 Å². The summed E-state index contributed by atoms with van der Waals surface area (Å²) in [4.78, 5) is 19.0. The second-order valence-corrected chi connectivity index (χ2v) is 8.09. The molecule has 0 bridgehead atoms. The second-order valence-electron chi connectivity index (χ2n) is 7.53. The Balaban J connectivity index is 1.69. The Morgan fingerprint density at radius 1 is 1.16 bits per heavy atom. The van der Waals surface area contributed by atoms with E-state index in [2.05, 4.69) is 37.9 Å². The highest BCUT2D eigenvalue weighted by Gasteiger charge is 2.34. The van der Waals surface area contributed by atoms with Crippen LogP contribution in [0.25, 0.3) is 0 Å². The number of nitrogens with zero attached hydrogens (tertiary/aromatic N) is 4. The molecule has 32 heavy (non-hydrogen) atoms. The minimum Gasteiger partial charge on any atom is -0.305 e. The Bertz CT molecular complexity index is 1240. The molecule has 0 spiro atoms. The third-order valence-electron chi connectivity index (χ3n) is 5.22. The molecular weight excluding hydrogens is 485 g/mol. The van der Waals surface area contributed by atoms with Crippen LogP contribution >= 0.6 is 15.9 Å². The molecule has 3 heterocycles. The van der Waals surface area contributed by atoms with Gasteiger partial charge >= 0.3 is 6.18 Å². The van der Waals surface area contributed by atoms with Crippen molar-refractivity contribution in [2.75, 3.05) is 11.4 Å². The molecule has 1 aromatic carbocycles. The minimum absolute atomic E-state index is 0.167. The molecular formula is C23H18BrF3N4O. The van der Waals surface area contributed by atoms with Crippen molar-refractivity contribution in [2.24, 2.45) is 0 Å². The number of amides is 1. The van der Waals surface area contributed by atoms with Gasteiger partial charge < -0.3 is 4.90 Å². The molecule has 3 aromatic rings. The summed E-state index contributed by atoms with van der Waals surface area (Å²) >= 11 is 3.45. The zero-order valence-corrected chi connectivity index (χ0v) is 18.8. The predicted molar refractivity (Wildman–Crippen MR) is 118 cm³/mol. The summed E-state index contributed by atoms with van der Waals surface area (Å²) in [6.07, 6.45) is -1.20. The molecule has 9 heteroatoms. The summed E-state index contributed by atoms with van der Waals surface area (Å²) in [5.74, 6) is 5.74. The van der Waals surface area contributed by atoms with Crippen LogP contribution in [-0.2, 0) is 11.5 Å². The first-order chi connectivity index (χ1) is 15.2. The monoisotopic (exact) mass is 502 g/mol. The highest BCUT2D eigenvalue weighted by molar-refractivity contribution is 9.08. The highest BCUT2D eigenvalue weighted by Crippen LogP contribution is 2.32. The van der Waals surface area contributed by atoms with E-state index in [4.69, 9.17) is 0 Å². The molecule has 0 fully saturated rings. The molecule has 1 aliphatic heterocycles. The summed E-state index contributed by atoms with van der Waals surface area (Å²) in [7, 11) is 0. The standard InChI is InChI=1S/C23H18BrF3N4O/c1-14-9-18(10-24)16(11-28-14)3-4-17-12-29-31-15(2)13-30(22(32)21(17)31)20-7-5-19(6-8-20)23(25,26)27/h5-9,11-12,15H,10,13H2,1-2H3/t15-/m0/s1. The number of carbonyl (C=O) groups is 1. The number of hydrogen-bond donors (Lipinski definition) is 0. The van der Waals surface area contributed by atoms with Gasteiger partial charge in [0.25, 0.3) is 5.91 Å². The van der Waals surface area contributed by atoms with Gasteiger partial charge in [0.2, 0.25) is 0 Å². The number of aromatic nitrogens is 3. The molecule has 0 saturated heterocycles. The molecule has 1 aliphatic rings. The fourth-order valence-corrected chi connectivity index (χ4v) is 4.04. The number of fused-ring (bicyclic) bond motifs is 1. The molecule has 2 aromatic heterocycles. The number of carbonyl (C=O) groups excluding carboxylic acids is 1. The minimum atomic E-state index is -4.43. The summed E-state index contributed by atoms with van der Waals surface area (Å²) < 4.78 is 40.3. The number of alkyl halides is 4. The average molecular weight is 503 g/mol. The third-order valence-corrected chi connectivity index (χ3v) is 5.82. The number of aryl methyl sites for hydroxylation is 1. The number of pyridine rings is 1. The number of benzene rings is 1. The zero-order valence-electron chi connectivity index (χ0n) is 17.2. The van der Waals surface area contributed by atoms with Crippen molar-refractivity contribution >= 4 is 27.5 Å². The van der Waals surface area contributed by atoms with Crippen LogP contribution in [0.2, 0.25) is 0 Å². The number of anilines is 1. The topological polar surface area (TPSA) is 51.0 Å². The van der Waals surface area contributed by atoms with Gasteiger partial charge in [-0.25, -0.2) is 0 Å². The number of hydrogen-bond acceptors (Lipinski definition) is 3. The Morgan fingerprint density at radius 2 is 1.84 bits per heavy atom. The van der Waals surface area contributed by atoms with Gasteiger partial charge in [0.05, 0.1) is 23.4 Å². The lowest BCUT2D eigenvalue weighted by atomic mass is 10.1.